The number of anilines is 2. The zero-order chi connectivity index (χ0) is 25.0. The van der Waals surface area contributed by atoms with Crippen LogP contribution in [0.15, 0.2) is 47.7 Å². The molecule has 1 aromatic carbocycles. The number of amides is 1. The molecule has 0 bridgehead atoms. The molecule has 180 valence electrons. The van der Waals surface area contributed by atoms with E-state index in [4.69, 9.17) is 16.4 Å². The number of amidine groups is 1. The summed E-state index contributed by atoms with van der Waals surface area (Å²) < 4.78 is 7.37. The normalized spacial score (nSPS) is 11.7. The van der Waals surface area contributed by atoms with Crippen molar-refractivity contribution in [3.63, 3.8) is 0 Å². The lowest BCUT2D eigenvalue weighted by Crippen LogP contribution is -2.41. The molecule has 0 spiro atoms. The van der Waals surface area contributed by atoms with E-state index in [-0.39, 0.29) is 17.9 Å². The SMILES string of the molecule is COc1cc(C)c(-c2ccn(C(C)C)n2)cc1C(=O)Nc1cccc(N(N)/C(=N\N)C(C)C)n1. The second-order valence-corrected chi connectivity index (χ2v) is 8.49. The maximum Gasteiger partial charge on any atom is 0.260 e. The number of aryl methyl sites for hydroxylation is 1. The van der Waals surface area contributed by atoms with Gasteiger partial charge in [0.2, 0.25) is 0 Å². The molecule has 0 aliphatic carbocycles. The molecule has 5 N–H and O–H groups in total. The van der Waals surface area contributed by atoms with Crippen LogP contribution in [0.3, 0.4) is 0 Å². The van der Waals surface area contributed by atoms with Crippen molar-refractivity contribution < 1.29 is 9.53 Å². The number of carbonyl (C=O) groups is 1. The molecular formula is C24H32N8O2. The van der Waals surface area contributed by atoms with Crippen molar-refractivity contribution in [2.24, 2.45) is 22.7 Å². The highest BCUT2D eigenvalue weighted by atomic mass is 16.5. The van der Waals surface area contributed by atoms with Crippen molar-refractivity contribution in [2.75, 3.05) is 17.4 Å². The van der Waals surface area contributed by atoms with E-state index < -0.39 is 0 Å². The van der Waals surface area contributed by atoms with Crippen LogP contribution in [0.1, 0.15) is 49.7 Å². The summed E-state index contributed by atoms with van der Waals surface area (Å²) in [5, 5.41) is 12.5. The third-order valence-corrected chi connectivity index (χ3v) is 5.32. The van der Waals surface area contributed by atoms with Crippen LogP contribution in [0, 0.1) is 12.8 Å². The van der Waals surface area contributed by atoms with Gasteiger partial charge in [0.15, 0.2) is 5.82 Å². The molecule has 0 fully saturated rings. The third kappa shape index (κ3) is 5.18. The lowest BCUT2D eigenvalue weighted by molar-refractivity contribution is 0.102. The van der Waals surface area contributed by atoms with Gasteiger partial charge in [0.1, 0.15) is 17.4 Å². The fourth-order valence-electron chi connectivity index (χ4n) is 3.49. The predicted octanol–water partition coefficient (Wildman–Crippen LogP) is 3.70. The Morgan fingerprint density at radius 3 is 2.53 bits per heavy atom. The zero-order valence-corrected chi connectivity index (χ0v) is 20.4. The van der Waals surface area contributed by atoms with Gasteiger partial charge >= 0.3 is 0 Å². The van der Waals surface area contributed by atoms with Crippen molar-refractivity contribution in [1.82, 2.24) is 14.8 Å². The Labute approximate surface area is 199 Å². The number of pyridine rings is 1. The molecule has 0 atom stereocenters. The maximum absolute atomic E-state index is 13.2. The van der Waals surface area contributed by atoms with E-state index in [1.54, 1.807) is 24.3 Å². The molecule has 10 nitrogen and oxygen atoms in total. The summed E-state index contributed by atoms with van der Waals surface area (Å²) in [7, 11) is 1.53. The molecule has 3 rings (SSSR count). The molecular weight excluding hydrogens is 432 g/mol. The van der Waals surface area contributed by atoms with E-state index in [0.717, 1.165) is 16.8 Å². The number of hydrogen-bond donors (Lipinski definition) is 3. The smallest absolute Gasteiger partial charge is 0.260 e. The highest BCUT2D eigenvalue weighted by Crippen LogP contribution is 2.30. The van der Waals surface area contributed by atoms with Crippen LogP contribution in [0.2, 0.25) is 0 Å². The number of methoxy groups -OCH3 is 1. The first-order chi connectivity index (χ1) is 16.2. The summed E-state index contributed by atoms with van der Waals surface area (Å²) in [4.78, 5) is 17.7. The Bertz CT molecular complexity index is 1200. The number of hydrazine groups is 1. The predicted molar refractivity (Wildman–Crippen MR) is 135 cm³/mol. The summed E-state index contributed by atoms with van der Waals surface area (Å²) >= 11 is 0. The average molecular weight is 465 g/mol. The summed E-state index contributed by atoms with van der Waals surface area (Å²) in [5.74, 6) is 12.9. The van der Waals surface area contributed by atoms with Crippen molar-refractivity contribution >= 4 is 23.4 Å². The van der Waals surface area contributed by atoms with E-state index in [9.17, 15) is 4.79 Å². The lowest BCUT2D eigenvalue weighted by atomic mass is 10.0. The Balaban J connectivity index is 1.93. The molecule has 0 unspecified atom stereocenters. The van der Waals surface area contributed by atoms with E-state index >= 15 is 0 Å². The standard InChI is InChI=1S/C24H32N8O2/c1-14(2)23(29-25)32(26)22-9-7-8-21(27-22)28-24(33)18-13-17(16(5)12-20(18)34-6)19-10-11-31(30-19)15(3)4/h7-15H,25-26H2,1-6H3,(H,27,28,33)/b29-23-. The van der Waals surface area contributed by atoms with Crippen LogP contribution in [0.25, 0.3) is 11.3 Å². The van der Waals surface area contributed by atoms with Gasteiger partial charge in [-0.15, -0.1) is 0 Å². The lowest BCUT2D eigenvalue weighted by Gasteiger charge is -2.21. The first kappa shape index (κ1) is 24.7. The van der Waals surface area contributed by atoms with E-state index in [1.165, 1.54) is 12.1 Å². The first-order valence-corrected chi connectivity index (χ1v) is 11.0. The van der Waals surface area contributed by atoms with Gasteiger partial charge in [-0.2, -0.15) is 10.2 Å². The molecule has 34 heavy (non-hydrogen) atoms. The second-order valence-electron chi connectivity index (χ2n) is 8.49. The largest absolute Gasteiger partial charge is 0.496 e. The van der Waals surface area contributed by atoms with Gasteiger partial charge in [-0.1, -0.05) is 19.9 Å². The molecule has 0 aliphatic rings. The van der Waals surface area contributed by atoms with E-state index in [2.05, 4.69) is 34.3 Å². The molecule has 2 aromatic heterocycles. The zero-order valence-electron chi connectivity index (χ0n) is 20.4. The Kier molecular flexibility index (Phi) is 7.52. The molecule has 0 saturated carbocycles. The van der Waals surface area contributed by atoms with Crippen molar-refractivity contribution in [1.29, 1.82) is 0 Å². The number of nitrogens with one attached hydrogen (secondary N) is 1. The van der Waals surface area contributed by atoms with Crippen molar-refractivity contribution in [3.05, 3.63) is 53.7 Å². The highest BCUT2D eigenvalue weighted by Gasteiger charge is 2.19. The van der Waals surface area contributed by atoms with Crippen LogP contribution in [-0.4, -0.2) is 33.6 Å². The number of aromatic nitrogens is 3. The fraction of sp³-hybridized carbons (Fsp3) is 0.333. The maximum atomic E-state index is 13.2. The summed E-state index contributed by atoms with van der Waals surface area (Å²) in [5.41, 5.74) is 2.94. The second kappa shape index (κ2) is 10.3. The van der Waals surface area contributed by atoms with Crippen LogP contribution in [0.4, 0.5) is 11.6 Å². The van der Waals surface area contributed by atoms with E-state index in [0.29, 0.717) is 28.8 Å². The van der Waals surface area contributed by atoms with Crippen LogP contribution >= 0.6 is 0 Å². The molecule has 3 aromatic rings. The average Bonchev–Trinajstić information content (AvgIpc) is 3.29. The van der Waals surface area contributed by atoms with Gasteiger partial charge in [-0.3, -0.25) is 9.48 Å². The number of nitrogens with two attached hydrogens (primary N) is 2. The Morgan fingerprint density at radius 2 is 1.94 bits per heavy atom. The molecule has 2 heterocycles. The summed E-state index contributed by atoms with van der Waals surface area (Å²) in [6.45, 7) is 9.92. The van der Waals surface area contributed by atoms with Crippen molar-refractivity contribution in [2.45, 2.75) is 40.7 Å². The van der Waals surface area contributed by atoms with Crippen molar-refractivity contribution in [3.8, 4) is 17.0 Å². The molecule has 0 radical (unpaired) electrons. The highest BCUT2D eigenvalue weighted by molar-refractivity contribution is 6.07. The summed E-state index contributed by atoms with van der Waals surface area (Å²) in [6, 6.07) is 10.9. The number of ether oxygens (including phenoxy) is 1. The quantitative estimate of drug-likeness (QED) is 0.210. The Morgan fingerprint density at radius 1 is 1.21 bits per heavy atom. The number of hydrazone groups is 1. The van der Waals surface area contributed by atoms with Gasteiger partial charge in [0.25, 0.3) is 5.91 Å². The Hall–Kier alpha value is -3.92. The van der Waals surface area contributed by atoms with Gasteiger partial charge in [0, 0.05) is 23.7 Å². The van der Waals surface area contributed by atoms with Crippen LogP contribution in [0.5, 0.6) is 5.75 Å². The first-order valence-electron chi connectivity index (χ1n) is 11.0. The van der Waals surface area contributed by atoms with Gasteiger partial charge in [0.05, 0.1) is 18.4 Å². The molecule has 0 saturated heterocycles. The summed E-state index contributed by atoms with van der Waals surface area (Å²) in [6.07, 6.45) is 1.92. The third-order valence-electron chi connectivity index (χ3n) is 5.32. The van der Waals surface area contributed by atoms with Crippen LogP contribution in [-0.2, 0) is 0 Å². The van der Waals surface area contributed by atoms with Crippen LogP contribution < -0.4 is 26.7 Å². The number of benzene rings is 1. The van der Waals surface area contributed by atoms with Gasteiger partial charge in [-0.25, -0.2) is 15.8 Å². The number of rotatable bonds is 7. The number of hydrogen-bond acceptors (Lipinski definition) is 7. The molecule has 1 amide bonds. The minimum absolute atomic E-state index is 0.00976. The van der Waals surface area contributed by atoms with Gasteiger partial charge < -0.3 is 15.9 Å². The number of carbonyl (C=O) groups excluding carboxylic acids is 1. The van der Waals surface area contributed by atoms with Gasteiger partial charge in [-0.05, 0) is 56.7 Å². The topological polar surface area (TPSA) is 137 Å². The molecule has 10 heteroatoms. The molecule has 0 aliphatic heterocycles. The minimum atomic E-state index is -0.369. The fourth-order valence-corrected chi connectivity index (χ4v) is 3.49. The minimum Gasteiger partial charge on any atom is -0.496 e. The number of nitrogens with zero attached hydrogens (tertiary/aromatic N) is 5. The monoisotopic (exact) mass is 464 g/mol. The van der Waals surface area contributed by atoms with E-state index in [1.807, 2.05) is 43.8 Å².